The van der Waals surface area contributed by atoms with Crippen LogP contribution in [0, 0.1) is 11.7 Å². The number of halogens is 1. The van der Waals surface area contributed by atoms with Crippen LogP contribution in [-0.4, -0.2) is 37.3 Å². The van der Waals surface area contributed by atoms with Crippen molar-refractivity contribution in [1.29, 1.82) is 0 Å². The Balaban J connectivity index is 1.43. The molecule has 3 aromatic carbocycles. The highest BCUT2D eigenvalue weighted by Crippen LogP contribution is 2.21. The number of hydrogen-bond donors (Lipinski definition) is 2. The van der Waals surface area contributed by atoms with Gasteiger partial charge in [0.05, 0.1) is 18.0 Å². The van der Waals surface area contributed by atoms with Gasteiger partial charge < -0.3 is 10.2 Å². The molecule has 7 nitrogen and oxygen atoms in total. The Hall–Kier alpha value is -3.91. The highest BCUT2D eigenvalue weighted by Gasteiger charge is 2.28. The Bertz CT molecular complexity index is 1320. The number of carbonyl (C=O) groups is 1. The van der Waals surface area contributed by atoms with Gasteiger partial charge in [0.2, 0.25) is 0 Å². The molecule has 33 heavy (non-hydrogen) atoms. The largest absolute Gasteiger partial charge is 0.481 e. The summed E-state index contributed by atoms with van der Waals surface area (Å²) in [6.07, 6.45) is -0.533. The van der Waals surface area contributed by atoms with Crippen molar-refractivity contribution in [2.45, 2.75) is 25.5 Å². The SMILES string of the molecule is O=C(O)[C@H](Cn1nnc2ccccc2c1=O)[C@H](O)CCc1ccc(-c2ccc(F)cc2)cc1. The van der Waals surface area contributed by atoms with Crippen LogP contribution in [0.15, 0.2) is 77.6 Å². The van der Waals surface area contributed by atoms with Gasteiger partial charge in [0.15, 0.2) is 0 Å². The molecule has 0 fully saturated rings. The predicted octanol–water partition coefficient (Wildman–Crippen LogP) is 3.29. The van der Waals surface area contributed by atoms with E-state index in [1.54, 1.807) is 36.4 Å². The lowest BCUT2D eigenvalue weighted by Crippen LogP contribution is -2.37. The van der Waals surface area contributed by atoms with Crippen molar-refractivity contribution in [3.63, 3.8) is 0 Å². The van der Waals surface area contributed by atoms with Crippen LogP contribution in [0.25, 0.3) is 22.0 Å². The zero-order valence-corrected chi connectivity index (χ0v) is 17.6. The molecule has 0 bridgehead atoms. The van der Waals surface area contributed by atoms with Crippen molar-refractivity contribution in [1.82, 2.24) is 15.0 Å². The van der Waals surface area contributed by atoms with Crippen LogP contribution in [-0.2, 0) is 17.8 Å². The molecule has 8 heteroatoms. The molecule has 2 atom stereocenters. The lowest BCUT2D eigenvalue weighted by molar-refractivity contribution is -0.146. The number of fused-ring (bicyclic) bond motifs is 1. The van der Waals surface area contributed by atoms with Gasteiger partial charge in [-0.15, -0.1) is 5.10 Å². The maximum atomic E-state index is 13.1. The zero-order chi connectivity index (χ0) is 23.4. The fourth-order valence-corrected chi connectivity index (χ4v) is 3.72. The minimum atomic E-state index is -1.21. The lowest BCUT2D eigenvalue weighted by Gasteiger charge is -2.19. The fraction of sp³-hybridized carbons (Fsp3) is 0.200. The molecule has 4 aromatic rings. The third-order valence-corrected chi connectivity index (χ3v) is 5.64. The summed E-state index contributed by atoms with van der Waals surface area (Å²) in [6.45, 7) is -0.281. The van der Waals surface area contributed by atoms with Crippen molar-refractivity contribution in [2.75, 3.05) is 0 Å². The van der Waals surface area contributed by atoms with Gasteiger partial charge in [-0.3, -0.25) is 9.59 Å². The average molecular weight is 447 g/mol. The summed E-state index contributed by atoms with van der Waals surface area (Å²) in [4.78, 5) is 24.4. The van der Waals surface area contributed by atoms with Crippen LogP contribution < -0.4 is 5.56 Å². The number of benzene rings is 3. The standard InChI is InChI=1S/C25H22FN3O4/c26-19-12-10-18(11-13-19)17-8-5-16(6-9-17)7-14-23(30)21(25(32)33)15-29-24(31)20-3-1-2-4-22(20)27-28-29/h1-6,8-13,21,23,30H,7,14-15H2,(H,32,33)/t21-,23-/m1/s1. The third-order valence-electron chi connectivity index (χ3n) is 5.64. The molecule has 0 aliphatic heterocycles. The van der Waals surface area contributed by atoms with E-state index in [9.17, 15) is 24.2 Å². The van der Waals surface area contributed by atoms with Gasteiger partial charge in [-0.05, 0) is 53.8 Å². The van der Waals surface area contributed by atoms with E-state index in [0.29, 0.717) is 17.3 Å². The average Bonchev–Trinajstić information content (AvgIpc) is 2.83. The highest BCUT2D eigenvalue weighted by molar-refractivity contribution is 5.76. The summed E-state index contributed by atoms with van der Waals surface area (Å²) < 4.78 is 14.1. The Morgan fingerprint density at radius 3 is 2.27 bits per heavy atom. The van der Waals surface area contributed by atoms with Crippen LogP contribution in [0.2, 0.25) is 0 Å². The van der Waals surface area contributed by atoms with Crippen LogP contribution in [0.5, 0.6) is 0 Å². The summed E-state index contributed by atoms with van der Waals surface area (Å²) in [7, 11) is 0. The van der Waals surface area contributed by atoms with E-state index < -0.39 is 23.6 Å². The van der Waals surface area contributed by atoms with Crippen molar-refractivity contribution >= 4 is 16.9 Å². The summed E-state index contributed by atoms with van der Waals surface area (Å²) in [5, 5.41) is 28.4. The molecule has 0 radical (unpaired) electrons. The topological polar surface area (TPSA) is 105 Å². The maximum absolute atomic E-state index is 13.1. The molecule has 0 amide bonds. The van der Waals surface area contributed by atoms with E-state index >= 15 is 0 Å². The van der Waals surface area contributed by atoms with Gasteiger partial charge in [0.25, 0.3) is 5.56 Å². The Kier molecular flexibility index (Phi) is 6.55. The third kappa shape index (κ3) is 5.12. The van der Waals surface area contributed by atoms with E-state index in [2.05, 4.69) is 10.3 Å². The molecule has 4 rings (SSSR count). The normalized spacial score (nSPS) is 13.0. The van der Waals surface area contributed by atoms with Crippen molar-refractivity contribution < 1.29 is 19.4 Å². The number of carboxylic acid groups (broad SMARTS) is 1. The molecule has 0 saturated carbocycles. The van der Waals surface area contributed by atoms with Crippen LogP contribution >= 0.6 is 0 Å². The predicted molar refractivity (Wildman–Crippen MR) is 121 cm³/mol. The molecule has 0 aliphatic carbocycles. The van der Waals surface area contributed by atoms with Crippen LogP contribution in [0.3, 0.4) is 0 Å². The first-order chi connectivity index (χ1) is 15.9. The summed E-state index contributed by atoms with van der Waals surface area (Å²) >= 11 is 0. The molecule has 0 unspecified atom stereocenters. The minimum Gasteiger partial charge on any atom is -0.481 e. The molecule has 1 heterocycles. The molecule has 1 aromatic heterocycles. The van der Waals surface area contributed by atoms with E-state index in [4.69, 9.17) is 0 Å². The van der Waals surface area contributed by atoms with Gasteiger partial charge in [-0.25, -0.2) is 9.07 Å². The molecule has 0 saturated heterocycles. The smallest absolute Gasteiger partial charge is 0.311 e. The number of aliphatic hydroxyl groups excluding tert-OH is 1. The molecule has 0 aliphatic rings. The number of carboxylic acids is 1. The first kappa shape index (κ1) is 22.3. The number of hydrogen-bond acceptors (Lipinski definition) is 5. The highest BCUT2D eigenvalue weighted by atomic mass is 19.1. The Morgan fingerprint density at radius 2 is 1.61 bits per heavy atom. The number of rotatable bonds is 8. The van der Waals surface area contributed by atoms with Crippen LogP contribution in [0.4, 0.5) is 4.39 Å². The summed E-state index contributed by atoms with van der Waals surface area (Å²) in [5.74, 6) is -2.72. The minimum absolute atomic E-state index is 0.197. The van der Waals surface area contributed by atoms with E-state index in [-0.39, 0.29) is 18.8 Å². The van der Waals surface area contributed by atoms with Gasteiger partial charge >= 0.3 is 5.97 Å². The lowest BCUT2D eigenvalue weighted by atomic mass is 9.95. The first-order valence-electron chi connectivity index (χ1n) is 10.5. The number of aliphatic hydroxyl groups is 1. The van der Waals surface area contributed by atoms with E-state index in [1.165, 1.54) is 12.1 Å². The van der Waals surface area contributed by atoms with Crippen LogP contribution in [0.1, 0.15) is 12.0 Å². The summed E-state index contributed by atoms with van der Waals surface area (Å²) in [5.41, 5.74) is 2.71. The van der Waals surface area contributed by atoms with Gasteiger partial charge in [-0.1, -0.05) is 53.7 Å². The van der Waals surface area contributed by atoms with E-state index in [1.807, 2.05) is 24.3 Å². The number of aliphatic carboxylic acids is 1. The molecular formula is C25H22FN3O4. The Morgan fingerprint density at radius 1 is 0.970 bits per heavy atom. The number of aromatic nitrogens is 3. The molecular weight excluding hydrogens is 425 g/mol. The van der Waals surface area contributed by atoms with Gasteiger partial charge in [0, 0.05) is 0 Å². The number of aryl methyl sites for hydroxylation is 1. The maximum Gasteiger partial charge on any atom is 0.311 e. The van der Waals surface area contributed by atoms with Crippen molar-refractivity contribution in [3.05, 3.63) is 94.5 Å². The monoisotopic (exact) mass is 447 g/mol. The second kappa shape index (κ2) is 9.70. The van der Waals surface area contributed by atoms with Crippen molar-refractivity contribution in [2.24, 2.45) is 5.92 Å². The molecule has 2 N–H and O–H groups in total. The number of nitrogens with zero attached hydrogens (tertiary/aromatic N) is 3. The van der Waals surface area contributed by atoms with Gasteiger partial charge in [0.1, 0.15) is 17.3 Å². The fourth-order valence-electron chi connectivity index (χ4n) is 3.72. The quantitative estimate of drug-likeness (QED) is 0.429. The van der Waals surface area contributed by atoms with Crippen molar-refractivity contribution in [3.8, 4) is 11.1 Å². The second-order valence-electron chi connectivity index (χ2n) is 7.85. The summed E-state index contributed by atoms with van der Waals surface area (Å²) in [6, 6.07) is 20.4. The molecule has 0 spiro atoms. The second-order valence-corrected chi connectivity index (χ2v) is 7.85. The zero-order valence-electron chi connectivity index (χ0n) is 17.6. The molecule has 168 valence electrons. The Labute approximate surface area is 188 Å². The van der Waals surface area contributed by atoms with E-state index in [0.717, 1.165) is 21.4 Å². The van der Waals surface area contributed by atoms with Gasteiger partial charge in [-0.2, -0.15) is 0 Å². The first-order valence-corrected chi connectivity index (χ1v) is 10.5.